The van der Waals surface area contributed by atoms with Crippen molar-refractivity contribution in [1.82, 2.24) is 5.32 Å². The van der Waals surface area contributed by atoms with E-state index in [1.54, 1.807) is 6.07 Å². The summed E-state index contributed by atoms with van der Waals surface area (Å²) < 4.78 is 5.24. The molecule has 0 saturated heterocycles. The monoisotopic (exact) mass is 333 g/mol. The molecule has 2 N–H and O–H groups in total. The Kier molecular flexibility index (Phi) is 6.78. The van der Waals surface area contributed by atoms with E-state index in [1.807, 2.05) is 13.8 Å². The summed E-state index contributed by atoms with van der Waals surface area (Å²) >= 11 is 11.6. The third kappa shape index (κ3) is 6.69. The van der Waals surface area contributed by atoms with Gasteiger partial charge >= 0.3 is 5.97 Å². The minimum absolute atomic E-state index is 0.152. The predicted octanol–water partition coefficient (Wildman–Crippen LogP) is 2.99. The maximum absolute atomic E-state index is 11.7. The van der Waals surface area contributed by atoms with Crippen LogP contribution in [0.4, 0.5) is 0 Å². The molecule has 1 rings (SSSR count). The molecular formula is C14H17Cl2NO4. The van der Waals surface area contributed by atoms with Crippen molar-refractivity contribution in [1.29, 1.82) is 0 Å². The second kappa shape index (κ2) is 8.10. The summed E-state index contributed by atoms with van der Waals surface area (Å²) in [6.45, 7) is 3.46. The Balaban J connectivity index is 2.54. The van der Waals surface area contributed by atoms with Gasteiger partial charge < -0.3 is 15.2 Å². The Morgan fingerprint density at radius 3 is 2.29 bits per heavy atom. The number of rotatable bonds is 7. The molecule has 5 nitrogen and oxygen atoms in total. The smallest absolute Gasteiger partial charge is 0.326 e. The largest absolute Gasteiger partial charge is 0.484 e. The number of halogens is 2. The van der Waals surface area contributed by atoms with E-state index in [-0.39, 0.29) is 12.5 Å². The fraction of sp³-hybridized carbons (Fsp3) is 0.429. The molecule has 0 saturated carbocycles. The number of aliphatic carboxylic acids is 1. The van der Waals surface area contributed by atoms with Gasteiger partial charge in [0.25, 0.3) is 5.91 Å². The average molecular weight is 334 g/mol. The van der Waals surface area contributed by atoms with Gasteiger partial charge in [-0.25, -0.2) is 4.79 Å². The summed E-state index contributed by atoms with van der Waals surface area (Å²) in [5.41, 5.74) is 0. The molecule has 1 aromatic carbocycles. The Labute approximate surface area is 133 Å². The third-order valence-corrected chi connectivity index (χ3v) is 2.98. The van der Waals surface area contributed by atoms with Crippen molar-refractivity contribution in [2.24, 2.45) is 5.92 Å². The van der Waals surface area contributed by atoms with Gasteiger partial charge in [-0.2, -0.15) is 0 Å². The fourth-order valence-corrected chi connectivity index (χ4v) is 2.20. The van der Waals surface area contributed by atoms with Crippen LogP contribution in [0.5, 0.6) is 5.75 Å². The van der Waals surface area contributed by atoms with Crippen LogP contribution in [0.2, 0.25) is 10.0 Å². The molecule has 116 valence electrons. The van der Waals surface area contributed by atoms with Gasteiger partial charge in [0.15, 0.2) is 6.61 Å². The van der Waals surface area contributed by atoms with E-state index in [9.17, 15) is 9.59 Å². The van der Waals surface area contributed by atoms with Crippen LogP contribution < -0.4 is 10.1 Å². The molecule has 0 fully saturated rings. The zero-order valence-corrected chi connectivity index (χ0v) is 13.2. The molecule has 0 radical (unpaired) electrons. The normalized spacial score (nSPS) is 12.0. The first-order chi connectivity index (χ1) is 9.77. The number of carboxylic acid groups (broad SMARTS) is 1. The molecule has 0 aliphatic carbocycles. The van der Waals surface area contributed by atoms with Crippen LogP contribution >= 0.6 is 23.2 Å². The summed E-state index contributed by atoms with van der Waals surface area (Å²) in [4.78, 5) is 22.8. The van der Waals surface area contributed by atoms with Gasteiger partial charge in [0.2, 0.25) is 0 Å². The van der Waals surface area contributed by atoms with E-state index < -0.39 is 17.9 Å². The summed E-state index contributed by atoms with van der Waals surface area (Å²) in [6, 6.07) is 3.65. The van der Waals surface area contributed by atoms with E-state index in [1.165, 1.54) is 12.1 Å². The van der Waals surface area contributed by atoms with Crippen LogP contribution in [0.25, 0.3) is 0 Å². The summed E-state index contributed by atoms with van der Waals surface area (Å²) in [5.74, 6) is -1.08. The molecule has 1 amide bonds. The van der Waals surface area contributed by atoms with Gasteiger partial charge in [0.05, 0.1) is 0 Å². The number of carbonyl (C=O) groups is 2. The lowest BCUT2D eigenvalue weighted by Gasteiger charge is -2.16. The molecule has 0 aromatic heterocycles. The molecule has 1 aromatic rings. The number of hydrogen-bond donors (Lipinski definition) is 2. The minimum Gasteiger partial charge on any atom is -0.484 e. The van der Waals surface area contributed by atoms with E-state index >= 15 is 0 Å². The topological polar surface area (TPSA) is 75.6 Å². The molecule has 0 heterocycles. The Bertz CT molecular complexity index is 499. The predicted molar refractivity (Wildman–Crippen MR) is 81.0 cm³/mol. The number of nitrogens with one attached hydrogen (secondary N) is 1. The number of carbonyl (C=O) groups excluding carboxylic acids is 1. The van der Waals surface area contributed by atoms with E-state index in [0.29, 0.717) is 22.2 Å². The molecule has 1 atom stereocenters. The van der Waals surface area contributed by atoms with Gasteiger partial charge in [0, 0.05) is 10.0 Å². The lowest BCUT2D eigenvalue weighted by atomic mass is 10.0. The average Bonchev–Trinajstić information content (AvgIpc) is 2.33. The SMILES string of the molecule is CC(C)C[C@H](NC(=O)COc1cc(Cl)cc(Cl)c1)C(=O)O. The van der Waals surface area contributed by atoms with E-state index in [2.05, 4.69) is 5.32 Å². The second-order valence-corrected chi connectivity index (χ2v) is 5.85. The first-order valence-electron chi connectivity index (χ1n) is 6.39. The first-order valence-corrected chi connectivity index (χ1v) is 7.14. The zero-order valence-electron chi connectivity index (χ0n) is 11.7. The van der Waals surface area contributed by atoms with Crippen molar-refractivity contribution < 1.29 is 19.4 Å². The van der Waals surface area contributed by atoms with Crippen LogP contribution in [0.1, 0.15) is 20.3 Å². The molecule has 7 heteroatoms. The standard InChI is InChI=1S/C14H17Cl2NO4/c1-8(2)3-12(14(19)20)17-13(18)7-21-11-5-9(15)4-10(16)6-11/h4-6,8,12H,3,7H2,1-2H3,(H,17,18)(H,19,20)/t12-/m0/s1. The van der Waals surface area contributed by atoms with Crippen molar-refractivity contribution in [3.8, 4) is 5.75 Å². The number of amides is 1. The van der Waals surface area contributed by atoms with Crippen LogP contribution in [-0.2, 0) is 9.59 Å². The van der Waals surface area contributed by atoms with Gasteiger partial charge in [-0.05, 0) is 30.5 Å². The number of ether oxygens (including phenoxy) is 1. The van der Waals surface area contributed by atoms with Crippen LogP contribution in [0.3, 0.4) is 0 Å². The third-order valence-electron chi connectivity index (χ3n) is 2.55. The number of hydrogen-bond acceptors (Lipinski definition) is 3. The molecular weight excluding hydrogens is 317 g/mol. The van der Waals surface area contributed by atoms with Gasteiger partial charge in [-0.1, -0.05) is 37.0 Å². The first kappa shape index (κ1) is 17.6. The van der Waals surface area contributed by atoms with Crippen molar-refractivity contribution in [3.05, 3.63) is 28.2 Å². The second-order valence-electron chi connectivity index (χ2n) is 4.98. The fourth-order valence-electron chi connectivity index (χ4n) is 1.69. The van der Waals surface area contributed by atoms with E-state index in [4.69, 9.17) is 33.0 Å². The van der Waals surface area contributed by atoms with Gasteiger partial charge in [0.1, 0.15) is 11.8 Å². The van der Waals surface area contributed by atoms with Gasteiger partial charge in [-0.3, -0.25) is 4.79 Å². The molecule has 0 aliphatic heterocycles. The highest BCUT2D eigenvalue weighted by Crippen LogP contribution is 2.24. The maximum atomic E-state index is 11.7. The number of carboxylic acids is 1. The van der Waals surface area contributed by atoms with E-state index in [0.717, 1.165) is 0 Å². The van der Waals surface area contributed by atoms with Gasteiger partial charge in [-0.15, -0.1) is 0 Å². The highest BCUT2D eigenvalue weighted by molar-refractivity contribution is 6.34. The lowest BCUT2D eigenvalue weighted by Crippen LogP contribution is -2.43. The van der Waals surface area contributed by atoms with Crippen LogP contribution in [0.15, 0.2) is 18.2 Å². The van der Waals surface area contributed by atoms with Crippen molar-refractivity contribution in [2.75, 3.05) is 6.61 Å². The van der Waals surface area contributed by atoms with Crippen LogP contribution in [-0.4, -0.2) is 29.6 Å². The Hall–Kier alpha value is -1.46. The zero-order chi connectivity index (χ0) is 16.0. The minimum atomic E-state index is -1.07. The summed E-state index contributed by atoms with van der Waals surface area (Å²) in [5, 5.41) is 12.2. The summed E-state index contributed by atoms with van der Waals surface area (Å²) in [6.07, 6.45) is 0.351. The van der Waals surface area contributed by atoms with Crippen LogP contribution in [0, 0.1) is 5.92 Å². The van der Waals surface area contributed by atoms with Crippen molar-refractivity contribution >= 4 is 35.1 Å². The Morgan fingerprint density at radius 1 is 1.24 bits per heavy atom. The lowest BCUT2D eigenvalue weighted by molar-refractivity contribution is -0.142. The highest BCUT2D eigenvalue weighted by Gasteiger charge is 2.21. The molecule has 0 bridgehead atoms. The maximum Gasteiger partial charge on any atom is 0.326 e. The van der Waals surface area contributed by atoms with Crippen molar-refractivity contribution in [2.45, 2.75) is 26.3 Å². The number of benzene rings is 1. The molecule has 21 heavy (non-hydrogen) atoms. The highest BCUT2D eigenvalue weighted by atomic mass is 35.5. The quantitative estimate of drug-likeness (QED) is 0.804. The Morgan fingerprint density at radius 2 is 1.81 bits per heavy atom. The molecule has 0 spiro atoms. The molecule has 0 unspecified atom stereocenters. The van der Waals surface area contributed by atoms with Crippen molar-refractivity contribution in [3.63, 3.8) is 0 Å². The summed E-state index contributed by atoms with van der Waals surface area (Å²) in [7, 11) is 0. The molecule has 0 aliphatic rings.